The lowest BCUT2D eigenvalue weighted by Gasteiger charge is -2.06. The van der Waals surface area contributed by atoms with E-state index in [1.165, 1.54) is 6.20 Å². The first-order chi connectivity index (χ1) is 12.6. The first-order valence-electron chi connectivity index (χ1n) is 7.92. The Kier molecular flexibility index (Phi) is 3.90. The van der Waals surface area contributed by atoms with Gasteiger partial charge < -0.3 is 4.98 Å². The van der Waals surface area contributed by atoms with Gasteiger partial charge in [-0.2, -0.15) is 5.26 Å². The Balaban J connectivity index is 1.69. The van der Waals surface area contributed by atoms with Crippen molar-refractivity contribution in [1.29, 1.82) is 5.26 Å². The minimum Gasteiger partial charge on any atom is -0.313 e. The molecule has 1 aliphatic rings. The van der Waals surface area contributed by atoms with Gasteiger partial charge in [-0.3, -0.25) is 9.78 Å². The van der Waals surface area contributed by atoms with Gasteiger partial charge in [-0.15, -0.1) is 10.2 Å². The summed E-state index contributed by atoms with van der Waals surface area (Å²) < 4.78 is 0. The van der Waals surface area contributed by atoms with E-state index < -0.39 is 11.2 Å². The van der Waals surface area contributed by atoms with Gasteiger partial charge in [0.05, 0.1) is 17.2 Å². The van der Waals surface area contributed by atoms with Crippen molar-refractivity contribution < 1.29 is 0 Å². The first-order valence-corrected chi connectivity index (χ1v) is 8.30. The first kappa shape index (κ1) is 16.2. The highest BCUT2D eigenvalue weighted by Gasteiger charge is 2.41. The van der Waals surface area contributed by atoms with Crippen LogP contribution in [0.2, 0.25) is 5.15 Å². The standard InChI is InChI=1S/C18H12ClN5O2/c19-16-13(12-5-11(12)10-3-1-2-9(4-10)7-20)6-15(23-24-16)14-8-21-18(26)22-17(14)25/h1-4,6,8,11-12H,5H2,(H2,21,22,25,26)/t11-,12+/m1/s1. The van der Waals surface area contributed by atoms with Gasteiger partial charge in [-0.25, -0.2) is 4.79 Å². The van der Waals surface area contributed by atoms with Gasteiger partial charge in [0.25, 0.3) is 5.56 Å². The number of nitrogens with zero attached hydrogens (tertiary/aromatic N) is 3. The summed E-state index contributed by atoms with van der Waals surface area (Å²) in [7, 11) is 0. The van der Waals surface area contributed by atoms with Gasteiger partial charge in [-0.05, 0) is 47.6 Å². The van der Waals surface area contributed by atoms with Gasteiger partial charge in [0, 0.05) is 6.20 Å². The van der Waals surface area contributed by atoms with E-state index in [1.54, 1.807) is 12.1 Å². The number of nitrogens with one attached hydrogen (secondary N) is 2. The van der Waals surface area contributed by atoms with Crippen LogP contribution in [-0.2, 0) is 0 Å². The van der Waals surface area contributed by atoms with E-state index in [0.29, 0.717) is 16.4 Å². The Hall–Kier alpha value is -3.24. The molecule has 2 heterocycles. The number of rotatable bonds is 3. The van der Waals surface area contributed by atoms with Gasteiger partial charge in [0.1, 0.15) is 5.69 Å². The molecule has 0 bridgehead atoms. The van der Waals surface area contributed by atoms with Gasteiger partial charge in [-0.1, -0.05) is 23.7 Å². The van der Waals surface area contributed by atoms with E-state index >= 15 is 0 Å². The molecule has 0 unspecified atom stereocenters. The highest BCUT2D eigenvalue weighted by atomic mass is 35.5. The van der Waals surface area contributed by atoms with Crippen LogP contribution in [0.15, 0.2) is 46.1 Å². The molecule has 2 atom stereocenters. The quantitative estimate of drug-likeness (QED) is 0.739. The van der Waals surface area contributed by atoms with Crippen molar-refractivity contribution in [2.24, 2.45) is 0 Å². The highest BCUT2D eigenvalue weighted by molar-refractivity contribution is 6.30. The largest absolute Gasteiger partial charge is 0.325 e. The van der Waals surface area contributed by atoms with Crippen molar-refractivity contribution in [3.05, 3.63) is 79.2 Å². The van der Waals surface area contributed by atoms with Crippen LogP contribution in [0.3, 0.4) is 0 Å². The van der Waals surface area contributed by atoms with Crippen molar-refractivity contribution >= 4 is 11.6 Å². The molecule has 0 spiro atoms. The predicted octanol–water partition coefficient (Wildman–Crippen LogP) is 2.32. The van der Waals surface area contributed by atoms with E-state index in [4.69, 9.17) is 16.9 Å². The Labute approximate surface area is 152 Å². The molecule has 1 aromatic carbocycles. The summed E-state index contributed by atoms with van der Waals surface area (Å²) in [5.41, 5.74) is 1.94. The lowest BCUT2D eigenvalue weighted by Crippen LogP contribution is -2.23. The van der Waals surface area contributed by atoms with Crippen LogP contribution in [-0.4, -0.2) is 20.2 Å². The van der Waals surface area contributed by atoms with Crippen molar-refractivity contribution in [2.45, 2.75) is 18.3 Å². The number of aromatic amines is 2. The maximum absolute atomic E-state index is 12.0. The van der Waals surface area contributed by atoms with Crippen molar-refractivity contribution in [3.8, 4) is 17.3 Å². The van der Waals surface area contributed by atoms with Crippen molar-refractivity contribution in [3.63, 3.8) is 0 Å². The Bertz CT molecular complexity index is 1160. The van der Waals surface area contributed by atoms with Gasteiger partial charge >= 0.3 is 5.69 Å². The molecule has 2 N–H and O–H groups in total. The molecule has 1 fully saturated rings. The SMILES string of the molecule is N#Cc1cccc([C@H]2C[C@@H]2c2cc(-c3c[nH]c(=O)[nH]c3=O)nnc2Cl)c1. The molecule has 0 radical (unpaired) electrons. The Morgan fingerprint density at radius 3 is 2.81 bits per heavy atom. The molecule has 128 valence electrons. The smallest absolute Gasteiger partial charge is 0.313 e. The molecule has 0 amide bonds. The molecule has 1 saturated carbocycles. The third-order valence-corrected chi connectivity index (χ3v) is 4.80. The van der Waals surface area contributed by atoms with E-state index in [1.807, 2.05) is 18.2 Å². The summed E-state index contributed by atoms with van der Waals surface area (Å²) in [6.07, 6.45) is 2.19. The van der Waals surface area contributed by atoms with E-state index in [9.17, 15) is 9.59 Å². The van der Waals surface area contributed by atoms with Crippen molar-refractivity contribution in [2.75, 3.05) is 0 Å². The lowest BCUT2D eigenvalue weighted by molar-refractivity contribution is 0.951. The van der Waals surface area contributed by atoms with E-state index in [-0.39, 0.29) is 17.4 Å². The zero-order chi connectivity index (χ0) is 18.3. The molecule has 7 nitrogen and oxygen atoms in total. The summed E-state index contributed by atoms with van der Waals surface area (Å²) >= 11 is 6.23. The highest BCUT2D eigenvalue weighted by Crippen LogP contribution is 2.56. The van der Waals surface area contributed by atoms with Crippen molar-refractivity contribution in [1.82, 2.24) is 20.2 Å². The third-order valence-electron chi connectivity index (χ3n) is 4.50. The summed E-state index contributed by atoms with van der Waals surface area (Å²) in [4.78, 5) is 27.7. The van der Waals surface area contributed by atoms with Gasteiger partial charge in [0.15, 0.2) is 5.15 Å². The summed E-state index contributed by atoms with van der Waals surface area (Å²) in [5.74, 6) is 0.388. The normalized spacial score (nSPS) is 18.3. The topological polar surface area (TPSA) is 115 Å². The lowest BCUT2D eigenvalue weighted by atomic mass is 10.0. The molecular formula is C18H12ClN5O2. The number of halogens is 1. The molecule has 3 aromatic rings. The van der Waals surface area contributed by atoms with Crippen LogP contribution in [0, 0.1) is 11.3 Å². The second-order valence-electron chi connectivity index (χ2n) is 6.15. The molecule has 0 saturated heterocycles. The molecule has 26 heavy (non-hydrogen) atoms. The molecule has 1 aliphatic carbocycles. The molecule has 2 aromatic heterocycles. The fraction of sp³-hybridized carbons (Fsp3) is 0.167. The second-order valence-corrected chi connectivity index (χ2v) is 6.51. The maximum Gasteiger partial charge on any atom is 0.325 e. The zero-order valence-corrected chi connectivity index (χ0v) is 14.1. The van der Waals surface area contributed by atoms with E-state index in [0.717, 1.165) is 17.5 Å². The molecule has 4 rings (SSSR count). The predicted molar refractivity (Wildman–Crippen MR) is 95.0 cm³/mol. The number of hydrogen-bond donors (Lipinski definition) is 2. The molecule has 0 aliphatic heterocycles. The fourth-order valence-corrected chi connectivity index (χ4v) is 3.36. The van der Waals surface area contributed by atoms with Crippen LogP contribution in [0.4, 0.5) is 0 Å². The molecular weight excluding hydrogens is 354 g/mol. The maximum atomic E-state index is 12.0. The van der Waals surface area contributed by atoms with Crippen LogP contribution in [0.25, 0.3) is 11.3 Å². The Morgan fingerprint density at radius 1 is 1.19 bits per heavy atom. The third kappa shape index (κ3) is 2.91. The number of nitriles is 1. The van der Waals surface area contributed by atoms with Crippen LogP contribution >= 0.6 is 11.6 Å². The number of benzene rings is 1. The van der Waals surface area contributed by atoms with E-state index in [2.05, 4.69) is 26.2 Å². The van der Waals surface area contributed by atoms with Gasteiger partial charge in [0.2, 0.25) is 0 Å². The van der Waals surface area contributed by atoms with Crippen LogP contribution in [0.1, 0.15) is 34.9 Å². The Morgan fingerprint density at radius 2 is 2.04 bits per heavy atom. The summed E-state index contributed by atoms with van der Waals surface area (Å²) in [5, 5.41) is 17.3. The second kappa shape index (κ2) is 6.24. The van der Waals surface area contributed by atoms with Crippen LogP contribution in [0.5, 0.6) is 0 Å². The fourth-order valence-electron chi connectivity index (χ4n) is 3.13. The number of hydrogen-bond acceptors (Lipinski definition) is 5. The average Bonchev–Trinajstić information content (AvgIpc) is 3.43. The zero-order valence-electron chi connectivity index (χ0n) is 13.4. The molecule has 8 heteroatoms. The monoisotopic (exact) mass is 365 g/mol. The number of aromatic nitrogens is 4. The van der Waals surface area contributed by atoms with Crippen LogP contribution < -0.4 is 11.2 Å². The average molecular weight is 366 g/mol. The minimum atomic E-state index is -0.583. The summed E-state index contributed by atoms with van der Waals surface area (Å²) in [6, 6.07) is 11.4. The summed E-state index contributed by atoms with van der Waals surface area (Å²) in [6.45, 7) is 0. The minimum absolute atomic E-state index is 0.146. The number of H-pyrrole nitrogens is 2.